The van der Waals surface area contributed by atoms with Crippen molar-refractivity contribution >= 4 is 23.4 Å². The maximum absolute atomic E-state index is 13.1. The van der Waals surface area contributed by atoms with E-state index in [0.717, 1.165) is 23.1 Å². The van der Waals surface area contributed by atoms with Crippen molar-refractivity contribution in [1.29, 1.82) is 0 Å². The SMILES string of the molecule is CCCNC(=O)C(C)N(Cc1ccccc1C)C(=O)Cc1ccccc1Cl. The lowest BCUT2D eigenvalue weighted by molar-refractivity contribution is -0.140. The number of halogens is 1. The molecule has 144 valence electrons. The van der Waals surface area contributed by atoms with Gasteiger partial charge in [-0.3, -0.25) is 9.59 Å². The van der Waals surface area contributed by atoms with E-state index in [0.29, 0.717) is 18.1 Å². The van der Waals surface area contributed by atoms with E-state index in [-0.39, 0.29) is 18.2 Å². The second kappa shape index (κ2) is 10.1. The van der Waals surface area contributed by atoms with E-state index >= 15 is 0 Å². The van der Waals surface area contributed by atoms with Gasteiger partial charge >= 0.3 is 0 Å². The lowest BCUT2D eigenvalue weighted by Gasteiger charge is -2.29. The molecule has 0 saturated carbocycles. The molecule has 0 spiro atoms. The maximum Gasteiger partial charge on any atom is 0.242 e. The van der Waals surface area contributed by atoms with Crippen molar-refractivity contribution in [3.8, 4) is 0 Å². The van der Waals surface area contributed by atoms with Crippen molar-refractivity contribution in [2.24, 2.45) is 0 Å². The van der Waals surface area contributed by atoms with Crippen LogP contribution in [0.25, 0.3) is 0 Å². The second-order valence-corrected chi connectivity index (χ2v) is 7.09. The fourth-order valence-corrected chi connectivity index (χ4v) is 3.06. The van der Waals surface area contributed by atoms with Crippen molar-refractivity contribution in [3.05, 3.63) is 70.2 Å². The number of carbonyl (C=O) groups excluding carboxylic acids is 2. The fraction of sp³-hybridized carbons (Fsp3) is 0.364. The van der Waals surface area contributed by atoms with Crippen molar-refractivity contribution in [3.63, 3.8) is 0 Å². The topological polar surface area (TPSA) is 49.4 Å². The van der Waals surface area contributed by atoms with Crippen LogP contribution in [0.15, 0.2) is 48.5 Å². The summed E-state index contributed by atoms with van der Waals surface area (Å²) in [5, 5.41) is 3.44. The molecule has 4 nitrogen and oxygen atoms in total. The number of rotatable bonds is 8. The summed E-state index contributed by atoms with van der Waals surface area (Å²) < 4.78 is 0. The van der Waals surface area contributed by atoms with Gasteiger partial charge in [-0.1, -0.05) is 61.0 Å². The van der Waals surface area contributed by atoms with Crippen LogP contribution in [0.4, 0.5) is 0 Å². The smallest absolute Gasteiger partial charge is 0.242 e. The zero-order valence-corrected chi connectivity index (χ0v) is 16.9. The molecule has 0 aliphatic rings. The van der Waals surface area contributed by atoms with Crippen LogP contribution in [0.1, 0.15) is 37.0 Å². The van der Waals surface area contributed by atoms with Crippen LogP contribution in [0.2, 0.25) is 5.02 Å². The molecule has 2 rings (SSSR count). The highest BCUT2D eigenvalue weighted by molar-refractivity contribution is 6.31. The Morgan fingerprint density at radius 2 is 1.70 bits per heavy atom. The first-order valence-electron chi connectivity index (χ1n) is 9.29. The van der Waals surface area contributed by atoms with Gasteiger partial charge in [0, 0.05) is 18.1 Å². The van der Waals surface area contributed by atoms with Gasteiger partial charge in [-0.2, -0.15) is 0 Å². The highest BCUT2D eigenvalue weighted by Crippen LogP contribution is 2.19. The van der Waals surface area contributed by atoms with Crippen LogP contribution in [-0.4, -0.2) is 29.3 Å². The van der Waals surface area contributed by atoms with Gasteiger partial charge in [-0.15, -0.1) is 0 Å². The summed E-state index contributed by atoms with van der Waals surface area (Å²) in [6.07, 6.45) is 1.01. The normalized spacial score (nSPS) is 11.7. The second-order valence-electron chi connectivity index (χ2n) is 6.68. The third-order valence-electron chi connectivity index (χ3n) is 4.62. The van der Waals surface area contributed by atoms with Gasteiger partial charge in [-0.05, 0) is 43.0 Å². The number of aryl methyl sites for hydroxylation is 1. The van der Waals surface area contributed by atoms with Crippen LogP contribution < -0.4 is 5.32 Å². The van der Waals surface area contributed by atoms with Crippen LogP contribution in [0.5, 0.6) is 0 Å². The lowest BCUT2D eigenvalue weighted by atomic mass is 10.1. The molecular weight excluding hydrogens is 360 g/mol. The van der Waals surface area contributed by atoms with Crippen molar-refractivity contribution in [1.82, 2.24) is 10.2 Å². The summed E-state index contributed by atoms with van der Waals surface area (Å²) in [5.74, 6) is -0.261. The number of amides is 2. The minimum atomic E-state index is -0.564. The quantitative estimate of drug-likeness (QED) is 0.741. The molecule has 0 aliphatic carbocycles. The maximum atomic E-state index is 13.1. The number of hydrogen-bond acceptors (Lipinski definition) is 2. The largest absolute Gasteiger partial charge is 0.354 e. The van der Waals surface area contributed by atoms with E-state index in [4.69, 9.17) is 11.6 Å². The Balaban J connectivity index is 2.25. The van der Waals surface area contributed by atoms with E-state index in [1.165, 1.54) is 0 Å². The summed E-state index contributed by atoms with van der Waals surface area (Å²) in [6, 6.07) is 14.6. The molecule has 0 heterocycles. The Labute approximate surface area is 166 Å². The van der Waals surface area contributed by atoms with E-state index in [1.807, 2.05) is 56.3 Å². The standard InChI is InChI=1S/C22H27ClN2O2/c1-4-13-24-22(27)17(3)25(15-19-11-6-5-9-16(19)2)21(26)14-18-10-7-8-12-20(18)23/h5-12,17H,4,13-15H2,1-3H3,(H,24,27). The molecule has 1 atom stereocenters. The van der Waals surface area contributed by atoms with Crippen molar-refractivity contribution in [2.45, 2.75) is 46.2 Å². The van der Waals surface area contributed by atoms with Crippen LogP contribution in [0.3, 0.4) is 0 Å². The van der Waals surface area contributed by atoms with Gasteiger partial charge in [0.15, 0.2) is 0 Å². The molecule has 0 bridgehead atoms. The van der Waals surface area contributed by atoms with Crippen LogP contribution in [0, 0.1) is 6.92 Å². The summed E-state index contributed by atoms with van der Waals surface area (Å²) in [7, 11) is 0. The Hall–Kier alpha value is -2.33. The molecule has 27 heavy (non-hydrogen) atoms. The van der Waals surface area contributed by atoms with Gasteiger partial charge < -0.3 is 10.2 Å². The van der Waals surface area contributed by atoms with Gasteiger partial charge in [0.25, 0.3) is 0 Å². The fourth-order valence-electron chi connectivity index (χ4n) is 2.86. The summed E-state index contributed by atoms with van der Waals surface area (Å²) in [6.45, 7) is 6.76. The average molecular weight is 387 g/mol. The zero-order chi connectivity index (χ0) is 19.8. The summed E-state index contributed by atoms with van der Waals surface area (Å²) in [5.41, 5.74) is 2.88. The summed E-state index contributed by atoms with van der Waals surface area (Å²) in [4.78, 5) is 27.2. The molecule has 0 radical (unpaired) electrons. The predicted octanol–water partition coefficient (Wildman–Crippen LogP) is 4.13. The minimum absolute atomic E-state index is 0.120. The third-order valence-corrected chi connectivity index (χ3v) is 4.99. The number of benzene rings is 2. The minimum Gasteiger partial charge on any atom is -0.354 e. The monoisotopic (exact) mass is 386 g/mol. The molecule has 0 aromatic heterocycles. The molecule has 0 saturated heterocycles. The molecular formula is C22H27ClN2O2. The van der Waals surface area contributed by atoms with Crippen molar-refractivity contribution < 1.29 is 9.59 Å². The average Bonchev–Trinajstić information content (AvgIpc) is 2.66. The van der Waals surface area contributed by atoms with Crippen LogP contribution in [-0.2, 0) is 22.6 Å². The first kappa shape index (κ1) is 21.0. The lowest BCUT2D eigenvalue weighted by Crippen LogP contribution is -2.48. The first-order valence-corrected chi connectivity index (χ1v) is 9.67. The summed E-state index contributed by atoms with van der Waals surface area (Å²) >= 11 is 6.22. The number of hydrogen-bond donors (Lipinski definition) is 1. The molecule has 2 amide bonds. The van der Waals surface area contributed by atoms with Crippen LogP contribution >= 0.6 is 11.6 Å². The highest BCUT2D eigenvalue weighted by atomic mass is 35.5. The van der Waals surface area contributed by atoms with Gasteiger partial charge in [0.05, 0.1) is 6.42 Å². The van der Waals surface area contributed by atoms with Crippen molar-refractivity contribution in [2.75, 3.05) is 6.54 Å². The Morgan fingerprint density at radius 3 is 2.33 bits per heavy atom. The Bertz CT molecular complexity index is 791. The van der Waals surface area contributed by atoms with E-state index < -0.39 is 6.04 Å². The number of nitrogens with zero attached hydrogens (tertiary/aromatic N) is 1. The molecule has 1 unspecified atom stereocenters. The van der Waals surface area contributed by atoms with E-state index in [9.17, 15) is 9.59 Å². The van der Waals surface area contributed by atoms with E-state index in [1.54, 1.807) is 17.9 Å². The van der Waals surface area contributed by atoms with Gasteiger partial charge in [-0.25, -0.2) is 0 Å². The first-order chi connectivity index (χ1) is 12.9. The molecule has 0 aliphatic heterocycles. The Morgan fingerprint density at radius 1 is 1.07 bits per heavy atom. The van der Waals surface area contributed by atoms with Gasteiger partial charge in [0.2, 0.25) is 11.8 Å². The molecule has 2 aromatic carbocycles. The number of nitrogens with one attached hydrogen (secondary N) is 1. The predicted molar refractivity (Wildman–Crippen MR) is 110 cm³/mol. The highest BCUT2D eigenvalue weighted by Gasteiger charge is 2.26. The Kier molecular flexibility index (Phi) is 7.86. The number of carbonyl (C=O) groups is 2. The zero-order valence-electron chi connectivity index (χ0n) is 16.2. The van der Waals surface area contributed by atoms with E-state index in [2.05, 4.69) is 5.32 Å². The molecule has 1 N–H and O–H groups in total. The van der Waals surface area contributed by atoms with Gasteiger partial charge in [0.1, 0.15) is 6.04 Å². The molecule has 0 fully saturated rings. The molecule has 5 heteroatoms. The molecule has 2 aromatic rings. The third kappa shape index (κ3) is 5.83.